The van der Waals surface area contributed by atoms with Crippen LogP contribution in [0.4, 0.5) is 28.0 Å². The predicted molar refractivity (Wildman–Crippen MR) is 172 cm³/mol. The number of aromatic nitrogens is 3. The van der Waals surface area contributed by atoms with Crippen molar-refractivity contribution in [3.63, 3.8) is 0 Å². The maximum Gasteiger partial charge on any atom is 0.573 e. The van der Waals surface area contributed by atoms with Crippen molar-refractivity contribution in [2.75, 3.05) is 17.2 Å². The van der Waals surface area contributed by atoms with Crippen LogP contribution >= 0.6 is 11.8 Å². The Bertz CT molecular complexity index is 1690. The van der Waals surface area contributed by atoms with Crippen LogP contribution in [0.1, 0.15) is 56.0 Å². The number of nitrogens with zero attached hydrogens (tertiary/aromatic N) is 5. The largest absolute Gasteiger partial charge is 0.573 e. The monoisotopic (exact) mass is 654 g/mol. The van der Waals surface area contributed by atoms with E-state index in [1.165, 1.54) is 52.6 Å². The number of nitrogens with one attached hydrogen (secondary N) is 1. The van der Waals surface area contributed by atoms with Crippen LogP contribution in [0.2, 0.25) is 0 Å². The predicted octanol–water partition coefficient (Wildman–Crippen LogP) is 8.37. The van der Waals surface area contributed by atoms with Gasteiger partial charge in [-0.15, -0.1) is 18.3 Å². The molecule has 2 amide bonds. The number of carbonyl (C=O) groups is 1. The minimum absolute atomic E-state index is 0.152. The lowest BCUT2D eigenvalue weighted by Gasteiger charge is -2.37. The Morgan fingerprint density at radius 1 is 1.11 bits per heavy atom. The minimum atomic E-state index is -4.78. The molecule has 0 bridgehead atoms. The summed E-state index contributed by atoms with van der Waals surface area (Å²) in [5, 5.41) is 7.57. The van der Waals surface area contributed by atoms with Crippen LogP contribution < -0.4 is 15.0 Å². The number of hydrogen-bond acceptors (Lipinski definition) is 5. The van der Waals surface area contributed by atoms with Crippen molar-refractivity contribution in [1.82, 2.24) is 20.1 Å². The number of thioether (sulfide) groups is 1. The van der Waals surface area contributed by atoms with Crippen molar-refractivity contribution in [2.24, 2.45) is 4.99 Å². The third kappa shape index (κ3) is 8.06. The molecule has 2 unspecified atom stereocenters. The molecular weight excluding hydrogens is 620 g/mol. The highest BCUT2D eigenvalue weighted by molar-refractivity contribution is 8.14. The molecule has 5 rings (SSSR count). The van der Waals surface area contributed by atoms with Crippen LogP contribution in [0, 0.1) is 6.92 Å². The van der Waals surface area contributed by atoms with Crippen molar-refractivity contribution in [3.8, 4) is 22.8 Å². The zero-order valence-corrected chi connectivity index (χ0v) is 26.6. The Morgan fingerprint density at radius 3 is 2.50 bits per heavy atom. The van der Waals surface area contributed by atoms with E-state index < -0.39 is 18.6 Å². The van der Waals surface area contributed by atoms with Crippen molar-refractivity contribution in [2.45, 2.75) is 58.6 Å². The second-order valence-electron chi connectivity index (χ2n) is 11.3. The number of benzene rings is 3. The molecule has 242 valence electrons. The highest BCUT2D eigenvalue weighted by atomic mass is 32.2. The molecule has 2 atom stereocenters. The topological polar surface area (TPSA) is 84.6 Å². The van der Waals surface area contributed by atoms with E-state index in [2.05, 4.69) is 69.0 Å². The quantitative estimate of drug-likeness (QED) is 0.192. The summed E-state index contributed by atoms with van der Waals surface area (Å²) in [6, 6.07) is 17.6. The molecule has 13 heteroatoms. The van der Waals surface area contributed by atoms with E-state index in [1.807, 2.05) is 6.92 Å². The van der Waals surface area contributed by atoms with E-state index in [9.17, 15) is 18.0 Å². The number of ether oxygens (including phenoxy) is 1. The molecule has 1 aromatic heterocycles. The van der Waals surface area contributed by atoms with Gasteiger partial charge in [0.1, 0.15) is 18.2 Å². The molecule has 0 saturated carbocycles. The van der Waals surface area contributed by atoms with Gasteiger partial charge in [-0.05, 0) is 73.2 Å². The fraction of sp³-hybridized carbons (Fsp3) is 0.333. The first-order valence-corrected chi connectivity index (χ1v) is 15.8. The van der Waals surface area contributed by atoms with Crippen LogP contribution in [-0.2, 0) is 0 Å². The molecule has 0 aliphatic carbocycles. The van der Waals surface area contributed by atoms with Gasteiger partial charge in [0.15, 0.2) is 11.0 Å². The van der Waals surface area contributed by atoms with Gasteiger partial charge in [-0.1, -0.05) is 62.0 Å². The fourth-order valence-electron chi connectivity index (χ4n) is 5.07. The lowest BCUT2D eigenvalue weighted by atomic mass is 9.98. The molecule has 2 heterocycles. The summed E-state index contributed by atoms with van der Waals surface area (Å²) in [5.74, 6) is 1.13. The number of alkyl halides is 4. The molecule has 1 aliphatic rings. The maximum atomic E-state index is 15.2. The highest BCUT2D eigenvalue weighted by Gasteiger charge is 2.31. The molecular formula is C33H34F4N6O2S. The van der Waals surface area contributed by atoms with E-state index in [1.54, 1.807) is 24.3 Å². The fourth-order valence-corrected chi connectivity index (χ4v) is 6.27. The molecule has 1 saturated heterocycles. The van der Waals surface area contributed by atoms with E-state index in [-0.39, 0.29) is 24.3 Å². The van der Waals surface area contributed by atoms with Crippen molar-refractivity contribution in [1.29, 1.82) is 0 Å². The van der Waals surface area contributed by atoms with E-state index in [0.717, 1.165) is 23.4 Å². The molecule has 3 aromatic carbocycles. The summed E-state index contributed by atoms with van der Waals surface area (Å²) >= 11 is 1.52. The van der Waals surface area contributed by atoms with Crippen molar-refractivity contribution < 1.29 is 27.1 Å². The summed E-state index contributed by atoms with van der Waals surface area (Å²) in [5.41, 5.74) is 4.79. The van der Waals surface area contributed by atoms with Gasteiger partial charge in [0, 0.05) is 23.0 Å². The number of urea groups is 1. The molecule has 46 heavy (non-hydrogen) atoms. The second-order valence-corrected chi connectivity index (χ2v) is 12.4. The standard InChI is InChI=1S/C33H34F4N6O2S/c1-20(2)27-14-5-21(3)17-29(27)43-22(4)15-16-46-32(43)40-31(44)38-18-28(34)23-6-8-24(9-7-23)30-39-19-42(41-30)25-10-12-26(13-11-25)45-33(35,36)37/h5-14,17,19-20,22,28H,15-16,18H2,1-4H3,(H,38,44)/b40-32-. The SMILES string of the molecule is Cc1ccc(C(C)C)c(N2/C(=N/C(=O)NCC(F)c3ccc(-c4ncn(-c5ccc(OC(F)(F)F)cc5)n4)cc3)SCCC2C)c1. The number of rotatable bonds is 8. The van der Waals surface area contributed by atoms with Gasteiger partial charge in [0.2, 0.25) is 0 Å². The first-order valence-electron chi connectivity index (χ1n) is 14.8. The number of aliphatic imine (C=N–C) groups is 1. The Kier molecular flexibility index (Phi) is 10.00. The second kappa shape index (κ2) is 13.9. The third-order valence-electron chi connectivity index (χ3n) is 7.47. The van der Waals surface area contributed by atoms with E-state index in [4.69, 9.17) is 0 Å². The number of amides is 2. The summed E-state index contributed by atoms with van der Waals surface area (Å²) in [7, 11) is 0. The van der Waals surface area contributed by atoms with Crippen LogP contribution in [0.15, 0.2) is 78.0 Å². The van der Waals surface area contributed by atoms with Crippen molar-refractivity contribution in [3.05, 3.63) is 89.7 Å². The van der Waals surface area contributed by atoms with Gasteiger partial charge < -0.3 is 15.0 Å². The number of aryl methyl sites for hydroxylation is 1. The smallest absolute Gasteiger partial charge is 0.406 e. The molecule has 1 fully saturated rings. The lowest BCUT2D eigenvalue weighted by Crippen LogP contribution is -2.43. The zero-order valence-electron chi connectivity index (χ0n) is 25.8. The van der Waals surface area contributed by atoms with Gasteiger partial charge in [-0.25, -0.2) is 18.9 Å². The summed E-state index contributed by atoms with van der Waals surface area (Å²) in [6.45, 7) is 8.18. The van der Waals surface area contributed by atoms with Gasteiger partial charge in [-0.3, -0.25) is 0 Å². The Hall–Kier alpha value is -4.39. The summed E-state index contributed by atoms with van der Waals surface area (Å²) in [4.78, 5) is 23.6. The molecule has 0 radical (unpaired) electrons. The maximum absolute atomic E-state index is 15.2. The number of amidine groups is 1. The number of carbonyl (C=O) groups excluding carboxylic acids is 1. The van der Waals surface area contributed by atoms with Gasteiger partial charge in [0.25, 0.3) is 0 Å². The van der Waals surface area contributed by atoms with E-state index >= 15 is 4.39 Å². The Labute approximate surface area is 268 Å². The molecule has 0 spiro atoms. The average molecular weight is 655 g/mol. The van der Waals surface area contributed by atoms with Crippen LogP contribution in [-0.4, -0.2) is 50.7 Å². The third-order valence-corrected chi connectivity index (χ3v) is 8.45. The summed E-state index contributed by atoms with van der Waals surface area (Å²) in [6.07, 6.45) is -3.88. The Balaban J connectivity index is 1.22. The van der Waals surface area contributed by atoms with Crippen LogP contribution in [0.3, 0.4) is 0 Å². The average Bonchev–Trinajstić information content (AvgIpc) is 3.50. The zero-order chi connectivity index (χ0) is 33.0. The van der Waals surface area contributed by atoms with Crippen molar-refractivity contribution >= 4 is 28.6 Å². The molecule has 8 nitrogen and oxygen atoms in total. The normalized spacial score (nSPS) is 16.9. The molecule has 1 N–H and O–H groups in total. The first kappa shape index (κ1) is 33.0. The Morgan fingerprint density at radius 2 is 1.83 bits per heavy atom. The minimum Gasteiger partial charge on any atom is -0.406 e. The summed E-state index contributed by atoms with van der Waals surface area (Å²) < 4.78 is 57.7. The van der Waals surface area contributed by atoms with Gasteiger partial charge >= 0.3 is 12.4 Å². The molecule has 1 aliphatic heterocycles. The van der Waals surface area contributed by atoms with E-state index in [0.29, 0.717) is 27.8 Å². The number of hydrogen-bond donors (Lipinski definition) is 1. The van der Waals surface area contributed by atoms with Gasteiger partial charge in [-0.2, -0.15) is 4.99 Å². The van der Waals surface area contributed by atoms with Crippen LogP contribution in [0.25, 0.3) is 17.1 Å². The first-order chi connectivity index (χ1) is 21.9. The van der Waals surface area contributed by atoms with Gasteiger partial charge in [0.05, 0.1) is 12.2 Å². The highest BCUT2D eigenvalue weighted by Crippen LogP contribution is 2.35. The lowest BCUT2D eigenvalue weighted by molar-refractivity contribution is -0.274. The number of anilines is 1. The number of halogens is 4. The molecule has 4 aromatic rings. The van der Waals surface area contributed by atoms with Crippen LogP contribution in [0.5, 0.6) is 5.75 Å².